The molecule has 0 saturated carbocycles. The highest BCUT2D eigenvalue weighted by Crippen LogP contribution is 2.21. The number of nitro groups is 1. The minimum atomic E-state index is -0.419. The number of hydrogen-bond acceptors (Lipinski definition) is 4. The zero-order valence-electron chi connectivity index (χ0n) is 12.0. The Morgan fingerprint density at radius 2 is 1.95 bits per heavy atom. The van der Waals surface area contributed by atoms with Crippen LogP contribution in [0.5, 0.6) is 0 Å². The second-order valence-electron chi connectivity index (χ2n) is 4.75. The fourth-order valence-electron chi connectivity index (χ4n) is 2.29. The Hall–Kier alpha value is -3.02. The van der Waals surface area contributed by atoms with Gasteiger partial charge in [-0.15, -0.1) is 0 Å². The fourth-order valence-corrected chi connectivity index (χ4v) is 2.29. The normalized spacial score (nSPS) is 11.3. The average molecular weight is 294 g/mol. The smallest absolute Gasteiger partial charge is 0.269 e. The number of aryl methyl sites for hydroxylation is 1. The summed E-state index contributed by atoms with van der Waals surface area (Å²) in [5.74, 6) is 0.627. The lowest BCUT2D eigenvalue weighted by Gasteiger charge is -2.01. The number of nitrogens with zero attached hydrogens (tertiary/aromatic N) is 4. The molecule has 6 nitrogen and oxygen atoms in total. The van der Waals surface area contributed by atoms with Crippen LogP contribution < -0.4 is 0 Å². The standard InChI is InChI=1S/C16H14N4O2/c1-2-19-15-6-4-3-5-14(15)18-16(19)17-11-12-7-9-13(10-8-12)20(21)22/h3-11H,2H2,1H3. The highest BCUT2D eigenvalue weighted by molar-refractivity contribution is 5.84. The van der Waals surface area contributed by atoms with Crippen molar-refractivity contribution in [2.45, 2.75) is 13.5 Å². The van der Waals surface area contributed by atoms with Crippen LogP contribution in [0.4, 0.5) is 11.6 Å². The first kappa shape index (κ1) is 13.9. The number of fused-ring (bicyclic) bond motifs is 1. The fraction of sp³-hybridized carbons (Fsp3) is 0.125. The molecule has 1 aromatic heterocycles. The molecule has 0 amide bonds. The van der Waals surface area contributed by atoms with Crippen LogP contribution in [0.3, 0.4) is 0 Å². The largest absolute Gasteiger partial charge is 0.309 e. The summed E-state index contributed by atoms with van der Waals surface area (Å²) in [5.41, 5.74) is 2.80. The van der Waals surface area contributed by atoms with Crippen LogP contribution in [-0.4, -0.2) is 20.7 Å². The second kappa shape index (κ2) is 5.77. The van der Waals surface area contributed by atoms with Crippen LogP contribution in [0.2, 0.25) is 0 Å². The van der Waals surface area contributed by atoms with Crippen LogP contribution >= 0.6 is 0 Å². The maximum Gasteiger partial charge on any atom is 0.269 e. The van der Waals surface area contributed by atoms with Crippen LogP contribution in [0, 0.1) is 10.1 Å². The minimum Gasteiger partial charge on any atom is -0.309 e. The minimum absolute atomic E-state index is 0.0675. The van der Waals surface area contributed by atoms with Crippen molar-refractivity contribution in [3.63, 3.8) is 0 Å². The molecule has 2 aromatic carbocycles. The van der Waals surface area contributed by atoms with Gasteiger partial charge >= 0.3 is 0 Å². The Labute approximate surface area is 126 Å². The Morgan fingerprint density at radius 3 is 2.64 bits per heavy atom. The zero-order valence-corrected chi connectivity index (χ0v) is 12.0. The van der Waals surface area contributed by atoms with E-state index >= 15 is 0 Å². The van der Waals surface area contributed by atoms with E-state index in [1.807, 2.05) is 35.8 Å². The van der Waals surface area contributed by atoms with Crippen molar-refractivity contribution < 1.29 is 4.92 Å². The summed E-state index contributed by atoms with van der Waals surface area (Å²) in [6, 6.07) is 14.1. The van der Waals surface area contributed by atoms with Gasteiger partial charge in [0.25, 0.3) is 5.69 Å². The molecule has 0 bridgehead atoms. The maximum atomic E-state index is 10.6. The van der Waals surface area contributed by atoms with Gasteiger partial charge in [-0.05, 0) is 36.8 Å². The zero-order chi connectivity index (χ0) is 15.5. The first-order valence-electron chi connectivity index (χ1n) is 6.93. The molecule has 3 aromatic rings. The van der Waals surface area contributed by atoms with E-state index in [2.05, 4.69) is 9.98 Å². The predicted molar refractivity (Wildman–Crippen MR) is 85.8 cm³/mol. The van der Waals surface area contributed by atoms with E-state index in [0.717, 1.165) is 23.1 Å². The topological polar surface area (TPSA) is 73.3 Å². The Morgan fingerprint density at radius 1 is 1.23 bits per heavy atom. The third kappa shape index (κ3) is 2.58. The van der Waals surface area contributed by atoms with Crippen LogP contribution in [0.15, 0.2) is 53.5 Å². The highest BCUT2D eigenvalue weighted by Gasteiger charge is 2.07. The van der Waals surface area contributed by atoms with Gasteiger partial charge in [0, 0.05) is 24.9 Å². The molecule has 22 heavy (non-hydrogen) atoms. The van der Waals surface area contributed by atoms with Crippen LogP contribution in [-0.2, 0) is 6.54 Å². The molecule has 3 rings (SSSR count). The number of nitro benzene ring substituents is 1. The molecule has 0 aliphatic heterocycles. The van der Waals surface area contributed by atoms with E-state index in [4.69, 9.17) is 0 Å². The van der Waals surface area contributed by atoms with E-state index in [-0.39, 0.29) is 5.69 Å². The number of rotatable bonds is 4. The lowest BCUT2D eigenvalue weighted by atomic mass is 10.2. The molecule has 0 unspecified atom stereocenters. The predicted octanol–water partition coefficient (Wildman–Crippen LogP) is 3.72. The van der Waals surface area contributed by atoms with Crippen molar-refractivity contribution in [1.82, 2.24) is 9.55 Å². The first-order valence-corrected chi connectivity index (χ1v) is 6.93. The molecule has 110 valence electrons. The summed E-state index contributed by atoms with van der Waals surface area (Å²) in [7, 11) is 0. The molecule has 0 saturated heterocycles. The summed E-state index contributed by atoms with van der Waals surface area (Å²) in [4.78, 5) is 19.1. The number of non-ortho nitro benzene ring substituents is 1. The molecule has 0 aliphatic carbocycles. The van der Waals surface area contributed by atoms with Gasteiger partial charge in [0.1, 0.15) is 0 Å². The van der Waals surface area contributed by atoms with E-state index in [1.54, 1.807) is 18.3 Å². The number of benzene rings is 2. The molecule has 0 spiro atoms. The summed E-state index contributed by atoms with van der Waals surface area (Å²) in [6.07, 6.45) is 1.66. The van der Waals surface area contributed by atoms with Gasteiger partial charge in [-0.2, -0.15) is 0 Å². The summed E-state index contributed by atoms with van der Waals surface area (Å²) >= 11 is 0. The molecular weight excluding hydrogens is 280 g/mol. The van der Waals surface area contributed by atoms with Gasteiger partial charge in [-0.25, -0.2) is 9.98 Å². The van der Waals surface area contributed by atoms with Crippen molar-refractivity contribution in [2.24, 2.45) is 4.99 Å². The van der Waals surface area contributed by atoms with Gasteiger partial charge in [-0.1, -0.05) is 12.1 Å². The molecular formula is C16H14N4O2. The summed E-state index contributed by atoms with van der Waals surface area (Å²) < 4.78 is 2.03. The van der Waals surface area contributed by atoms with Gasteiger partial charge in [0.15, 0.2) is 0 Å². The van der Waals surface area contributed by atoms with Crippen molar-refractivity contribution in [1.29, 1.82) is 0 Å². The number of hydrogen-bond donors (Lipinski definition) is 0. The maximum absolute atomic E-state index is 10.6. The first-order chi connectivity index (χ1) is 10.7. The average Bonchev–Trinajstić information content (AvgIpc) is 2.90. The Kier molecular flexibility index (Phi) is 3.65. The SMILES string of the molecule is CCn1c(N=Cc2ccc([N+](=O)[O-])cc2)nc2ccccc21. The number of para-hydroxylation sites is 2. The van der Waals surface area contributed by atoms with Crippen molar-refractivity contribution in [2.75, 3.05) is 0 Å². The Balaban J connectivity index is 1.93. The summed E-state index contributed by atoms with van der Waals surface area (Å²) in [5, 5.41) is 10.6. The number of imidazole rings is 1. The molecule has 0 N–H and O–H groups in total. The van der Waals surface area contributed by atoms with Gasteiger partial charge in [0.2, 0.25) is 5.95 Å². The van der Waals surface area contributed by atoms with E-state index < -0.39 is 4.92 Å². The quantitative estimate of drug-likeness (QED) is 0.418. The monoisotopic (exact) mass is 294 g/mol. The lowest BCUT2D eigenvalue weighted by molar-refractivity contribution is -0.384. The van der Waals surface area contributed by atoms with E-state index in [9.17, 15) is 10.1 Å². The molecule has 0 fully saturated rings. The Bertz CT molecular complexity index is 850. The number of aliphatic imine (C=N–C) groups is 1. The second-order valence-corrected chi connectivity index (χ2v) is 4.75. The van der Waals surface area contributed by atoms with Crippen molar-refractivity contribution in [3.8, 4) is 0 Å². The number of aromatic nitrogens is 2. The van der Waals surface area contributed by atoms with Crippen molar-refractivity contribution >= 4 is 28.9 Å². The van der Waals surface area contributed by atoms with E-state index in [0.29, 0.717) is 5.95 Å². The lowest BCUT2D eigenvalue weighted by Crippen LogP contribution is -1.93. The van der Waals surface area contributed by atoms with Crippen molar-refractivity contribution in [3.05, 3.63) is 64.2 Å². The van der Waals surface area contributed by atoms with Gasteiger partial charge in [0.05, 0.1) is 16.0 Å². The molecule has 6 heteroatoms. The summed E-state index contributed by atoms with van der Waals surface area (Å²) in [6.45, 7) is 2.81. The molecule has 0 radical (unpaired) electrons. The molecule has 0 atom stereocenters. The van der Waals surface area contributed by atoms with Gasteiger partial charge in [-0.3, -0.25) is 10.1 Å². The third-order valence-corrected chi connectivity index (χ3v) is 3.38. The highest BCUT2D eigenvalue weighted by atomic mass is 16.6. The molecule has 1 heterocycles. The van der Waals surface area contributed by atoms with Gasteiger partial charge < -0.3 is 4.57 Å². The van der Waals surface area contributed by atoms with Crippen LogP contribution in [0.1, 0.15) is 12.5 Å². The van der Waals surface area contributed by atoms with E-state index in [1.165, 1.54) is 12.1 Å². The van der Waals surface area contributed by atoms with Crippen LogP contribution in [0.25, 0.3) is 11.0 Å². The third-order valence-electron chi connectivity index (χ3n) is 3.38. The molecule has 0 aliphatic rings.